The number of hydrogen-bond acceptors (Lipinski definition) is 5. The number of aromatic nitrogens is 2. The fourth-order valence-corrected chi connectivity index (χ4v) is 2.96. The molecule has 2 heterocycles. The third-order valence-electron chi connectivity index (χ3n) is 4.35. The highest BCUT2D eigenvalue weighted by Gasteiger charge is 2.17. The molecule has 1 saturated heterocycles. The van der Waals surface area contributed by atoms with Gasteiger partial charge in [0.2, 0.25) is 11.8 Å². The first kappa shape index (κ1) is 15.7. The van der Waals surface area contributed by atoms with E-state index in [1.165, 1.54) is 11.1 Å². The molecule has 0 N–H and O–H groups in total. The van der Waals surface area contributed by atoms with Crippen LogP contribution in [0.1, 0.15) is 17.5 Å². The molecule has 1 aromatic carbocycles. The Morgan fingerprint density at radius 2 is 1.96 bits per heavy atom. The Morgan fingerprint density at radius 3 is 2.78 bits per heavy atom. The summed E-state index contributed by atoms with van der Waals surface area (Å²) in [7, 11) is 1.64. The fraction of sp³-hybridized carbons (Fsp3) is 0.444. The summed E-state index contributed by atoms with van der Waals surface area (Å²) in [6.07, 6.45) is 2.88. The first-order valence-corrected chi connectivity index (χ1v) is 8.15. The van der Waals surface area contributed by atoms with Crippen molar-refractivity contribution in [2.24, 2.45) is 0 Å². The minimum absolute atomic E-state index is 0.621. The highest BCUT2D eigenvalue weighted by molar-refractivity contribution is 5.32. The quantitative estimate of drug-likeness (QED) is 0.868. The van der Waals surface area contributed by atoms with Gasteiger partial charge in [-0.3, -0.25) is 4.90 Å². The predicted molar refractivity (Wildman–Crippen MR) is 91.9 cm³/mol. The predicted octanol–water partition coefficient (Wildman–Crippen LogP) is 2.51. The first-order chi connectivity index (χ1) is 11.3. The van der Waals surface area contributed by atoms with Crippen LogP contribution >= 0.6 is 0 Å². The van der Waals surface area contributed by atoms with Crippen LogP contribution in [-0.4, -0.2) is 48.2 Å². The van der Waals surface area contributed by atoms with E-state index < -0.39 is 0 Å². The number of ether oxygens (including phenoxy) is 1. The molecule has 1 fully saturated rings. The Morgan fingerprint density at radius 1 is 1.09 bits per heavy atom. The van der Waals surface area contributed by atoms with Crippen molar-refractivity contribution < 1.29 is 4.74 Å². The second-order valence-corrected chi connectivity index (χ2v) is 5.94. The monoisotopic (exact) mass is 312 g/mol. The Balaban J connectivity index is 1.64. The van der Waals surface area contributed by atoms with Crippen molar-refractivity contribution >= 4 is 5.95 Å². The van der Waals surface area contributed by atoms with Crippen LogP contribution in [0, 0.1) is 6.92 Å². The topological polar surface area (TPSA) is 41.5 Å². The summed E-state index contributed by atoms with van der Waals surface area (Å²) in [4.78, 5) is 13.6. The number of benzene rings is 1. The van der Waals surface area contributed by atoms with Crippen molar-refractivity contribution in [2.75, 3.05) is 38.2 Å². The highest BCUT2D eigenvalue weighted by atomic mass is 16.5. The number of rotatable bonds is 4. The summed E-state index contributed by atoms with van der Waals surface area (Å²) in [5.41, 5.74) is 2.78. The Bertz CT molecular complexity index is 646. The van der Waals surface area contributed by atoms with Crippen molar-refractivity contribution in [1.29, 1.82) is 0 Å². The normalized spacial score (nSPS) is 16.2. The number of methoxy groups -OCH3 is 1. The maximum Gasteiger partial charge on any atom is 0.228 e. The first-order valence-electron chi connectivity index (χ1n) is 8.15. The number of hydrogen-bond donors (Lipinski definition) is 0. The van der Waals surface area contributed by atoms with Crippen LogP contribution in [0.2, 0.25) is 0 Å². The SMILES string of the molecule is COc1ccnc(N2CCCN(Cc3ccccc3C)CC2)n1. The molecule has 0 aliphatic carbocycles. The van der Waals surface area contributed by atoms with Crippen molar-refractivity contribution in [3.05, 3.63) is 47.7 Å². The third-order valence-corrected chi connectivity index (χ3v) is 4.35. The second-order valence-electron chi connectivity index (χ2n) is 5.94. The van der Waals surface area contributed by atoms with Gasteiger partial charge in [-0.1, -0.05) is 24.3 Å². The zero-order valence-electron chi connectivity index (χ0n) is 13.9. The maximum atomic E-state index is 5.20. The van der Waals surface area contributed by atoms with Gasteiger partial charge in [0.05, 0.1) is 7.11 Å². The molecule has 0 amide bonds. The van der Waals surface area contributed by atoms with E-state index in [0.717, 1.165) is 45.1 Å². The van der Waals surface area contributed by atoms with Gasteiger partial charge in [0, 0.05) is 45.0 Å². The smallest absolute Gasteiger partial charge is 0.228 e. The number of nitrogens with zero attached hydrogens (tertiary/aromatic N) is 4. The molecule has 0 bridgehead atoms. The minimum atomic E-state index is 0.621. The van der Waals surface area contributed by atoms with E-state index >= 15 is 0 Å². The summed E-state index contributed by atoms with van der Waals surface area (Å²) in [6, 6.07) is 10.4. The van der Waals surface area contributed by atoms with Crippen molar-refractivity contribution in [2.45, 2.75) is 19.9 Å². The summed E-state index contributed by atoms with van der Waals surface area (Å²) in [6.45, 7) is 7.25. The largest absolute Gasteiger partial charge is 0.481 e. The average molecular weight is 312 g/mol. The lowest BCUT2D eigenvalue weighted by Crippen LogP contribution is -2.31. The van der Waals surface area contributed by atoms with Crippen LogP contribution < -0.4 is 9.64 Å². The van der Waals surface area contributed by atoms with Crippen LogP contribution in [0.5, 0.6) is 5.88 Å². The van der Waals surface area contributed by atoms with E-state index in [0.29, 0.717) is 5.88 Å². The van der Waals surface area contributed by atoms with Gasteiger partial charge in [0.25, 0.3) is 0 Å². The molecule has 5 nitrogen and oxygen atoms in total. The molecule has 23 heavy (non-hydrogen) atoms. The Labute approximate surface area is 137 Å². The van der Waals surface area contributed by atoms with E-state index in [1.54, 1.807) is 19.4 Å². The Kier molecular flexibility index (Phi) is 5.08. The average Bonchev–Trinajstić information content (AvgIpc) is 2.83. The van der Waals surface area contributed by atoms with E-state index in [9.17, 15) is 0 Å². The van der Waals surface area contributed by atoms with Crippen LogP contribution in [0.25, 0.3) is 0 Å². The van der Waals surface area contributed by atoms with Gasteiger partial charge in [0.15, 0.2) is 0 Å². The lowest BCUT2D eigenvalue weighted by atomic mass is 10.1. The molecule has 1 aliphatic rings. The summed E-state index contributed by atoms with van der Waals surface area (Å²) in [5, 5.41) is 0. The van der Waals surface area contributed by atoms with Gasteiger partial charge in [-0.15, -0.1) is 0 Å². The molecule has 122 valence electrons. The van der Waals surface area contributed by atoms with Gasteiger partial charge >= 0.3 is 0 Å². The van der Waals surface area contributed by atoms with Crippen LogP contribution in [-0.2, 0) is 6.54 Å². The van der Waals surface area contributed by atoms with E-state index in [1.807, 2.05) is 0 Å². The molecular weight excluding hydrogens is 288 g/mol. The van der Waals surface area contributed by atoms with Gasteiger partial charge in [-0.05, 0) is 24.5 Å². The summed E-state index contributed by atoms with van der Waals surface area (Å²) in [5.74, 6) is 1.39. The zero-order chi connectivity index (χ0) is 16.1. The van der Waals surface area contributed by atoms with E-state index in [2.05, 4.69) is 51.0 Å². The Hall–Kier alpha value is -2.14. The second kappa shape index (κ2) is 7.42. The highest BCUT2D eigenvalue weighted by Crippen LogP contribution is 2.16. The van der Waals surface area contributed by atoms with E-state index in [-0.39, 0.29) is 0 Å². The number of anilines is 1. The lowest BCUT2D eigenvalue weighted by Gasteiger charge is -2.22. The molecule has 0 unspecified atom stereocenters. The zero-order valence-corrected chi connectivity index (χ0v) is 13.9. The number of aryl methyl sites for hydroxylation is 1. The van der Waals surface area contributed by atoms with Gasteiger partial charge in [-0.25, -0.2) is 4.98 Å². The third kappa shape index (κ3) is 3.99. The minimum Gasteiger partial charge on any atom is -0.481 e. The van der Waals surface area contributed by atoms with Crippen LogP contribution in [0.3, 0.4) is 0 Å². The lowest BCUT2D eigenvalue weighted by molar-refractivity contribution is 0.285. The maximum absolute atomic E-state index is 5.20. The molecule has 3 rings (SSSR count). The van der Waals surface area contributed by atoms with Gasteiger partial charge < -0.3 is 9.64 Å². The molecule has 0 spiro atoms. The van der Waals surface area contributed by atoms with Crippen molar-refractivity contribution in [1.82, 2.24) is 14.9 Å². The molecule has 0 atom stereocenters. The standard InChI is InChI=1S/C18H24N4O/c1-15-6-3-4-7-16(15)14-21-10-5-11-22(13-12-21)18-19-9-8-17(20-18)23-2/h3-4,6-9H,5,10-14H2,1-2H3. The van der Waals surface area contributed by atoms with Crippen molar-refractivity contribution in [3.8, 4) is 5.88 Å². The molecular formula is C18H24N4O. The molecule has 0 saturated carbocycles. The molecule has 5 heteroatoms. The molecule has 2 aromatic rings. The summed E-state index contributed by atoms with van der Waals surface area (Å²) >= 11 is 0. The fourth-order valence-electron chi connectivity index (χ4n) is 2.96. The van der Waals surface area contributed by atoms with E-state index in [4.69, 9.17) is 4.74 Å². The molecule has 1 aliphatic heterocycles. The van der Waals surface area contributed by atoms with Crippen molar-refractivity contribution in [3.63, 3.8) is 0 Å². The van der Waals surface area contributed by atoms with Gasteiger partial charge in [-0.2, -0.15) is 4.98 Å². The van der Waals surface area contributed by atoms with Crippen LogP contribution in [0.4, 0.5) is 5.95 Å². The molecule has 0 radical (unpaired) electrons. The van der Waals surface area contributed by atoms with Gasteiger partial charge in [0.1, 0.15) is 0 Å². The van der Waals surface area contributed by atoms with Crippen LogP contribution in [0.15, 0.2) is 36.5 Å². The molecule has 1 aromatic heterocycles. The summed E-state index contributed by atoms with van der Waals surface area (Å²) < 4.78 is 5.20.